The molecule has 2 amide bonds. The van der Waals surface area contributed by atoms with Gasteiger partial charge in [-0.3, -0.25) is 9.59 Å². The summed E-state index contributed by atoms with van der Waals surface area (Å²) in [5, 5.41) is 5.69. The standard InChI is InChI=1S/C22H24N2O2/c1-13(24-14(2)25)22(26)23-12-15-11-20-16-7-3-5-9-18(16)21(15)19-10-6-4-8-17(19)20/h3-10,13,15,20-21H,11-12H2,1-2H3,(H,23,26)(H,24,25)/t13-,15-,20?,21?/m0/s1. The minimum atomic E-state index is -0.507. The van der Waals surface area contributed by atoms with Gasteiger partial charge in [0.25, 0.3) is 0 Å². The molecular formula is C22H24N2O2. The number of fused-ring (bicyclic) bond motifs is 1. The van der Waals surface area contributed by atoms with E-state index in [1.165, 1.54) is 29.2 Å². The molecule has 2 bridgehead atoms. The molecule has 0 aromatic heterocycles. The summed E-state index contributed by atoms with van der Waals surface area (Å²) in [5.41, 5.74) is 5.67. The van der Waals surface area contributed by atoms with Gasteiger partial charge in [0.2, 0.25) is 11.8 Å². The number of benzene rings is 2. The van der Waals surface area contributed by atoms with E-state index in [1.807, 2.05) is 0 Å². The van der Waals surface area contributed by atoms with Gasteiger partial charge >= 0.3 is 0 Å². The summed E-state index contributed by atoms with van der Waals surface area (Å²) < 4.78 is 0. The molecule has 3 aliphatic carbocycles. The summed E-state index contributed by atoms with van der Waals surface area (Å²) >= 11 is 0. The van der Waals surface area contributed by atoms with E-state index in [1.54, 1.807) is 6.92 Å². The Labute approximate surface area is 154 Å². The second kappa shape index (κ2) is 6.60. The van der Waals surface area contributed by atoms with Gasteiger partial charge in [0.1, 0.15) is 6.04 Å². The van der Waals surface area contributed by atoms with Crippen molar-refractivity contribution in [1.29, 1.82) is 0 Å². The second-order valence-corrected chi connectivity index (χ2v) is 7.45. The lowest BCUT2D eigenvalue weighted by Gasteiger charge is -2.45. The molecule has 2 N–H and O–H groups in total. The smallest absolute Gasteiger partial charge is 0.242 e. The number of carbonyl (C=O) groups is 2. The number of hydrogen-bond acceptors (Lipinski definition) is 2. The molecule has 5 rings (SSSR count). The zero-order valence-electron chi connectivity index (χ0n) is 15.2. The van der Waals surface area contributed by atoms with Crippen molar-refractivity contribution >= 4 is 11.8 Å². The Morgan fingerprint density at radius 1 is 1.00 bits per heavy atom. The highest BCUT2D eigenvalue weighted by atomic mass is 16.2. The van der Waals surface area contributed by atoms with Crippen molar-refractivity contribution in [1.82, 2.24) is 10.6 Å². The molecule has 134 valence electrons. The van der Waals surface area contributed by atoms with Gasteiger partial charge in [-0.15, -0.1) is 0 Å². The molecule has 0 saturated carbocycles. The van der Waals surface area contributed by atoms with Crippen molar-refractivity contribution in [3.63, 3.8) is 0 Å². The summed E-state index contributed by atoms with van der Waals surface area (Å²) in [6.07, 6.45) is 1.05. The fourth-order valence-corrected chi connectivity index (χ4v) is 4.72. The van der Waals surface area contributed by atoms with Gasteiger partial charge in [0, 0.05) is 25.3 Å². The van der Waals surface area contributed by atoms with Gasteiger partial charge in [-0.2, -0.15) is 0 Å². The van der Waals surface area contributed by atoms with Crippen molar-refractivity contribution < 1.29 is 9.59 Å². The van der Waals surface area contributed by atoms with Crippen molar-refractivity contribution in [3.8, 4) is 0 Å². The van der Waals surface area contributed by atoms with Crippen molar-refractivity contribution in [2.24, 2.45) is 5.92 Å². The topological polar surface area (TPSA) is 58.2 Å². The van der Waals surface area contributed by atoms with Crippen LogP contribution in [0.3, 0.4) is 0 Å². The monoisotopic (exact) mass is 348 g/mol. The number of rotatable bonds is 4. The van der Waals surface area contributed by atoms with E-state index in [-0.39, 0.29) is 11.8 Å². The SMILES string of the molecule is CC(=O)N[C@@H](C)C(=O)NC[C@@H]1CC2c3ccccc3C1c1ccccc12. The van der Waals surface area contributed by atoms with Crippen molar-refractivity contribution in [2.75, 3.05) is 6.54 Å². The van der Waals surface area contributed by atoms with Crippen LogP contribution < -0.4 is 10.6 Å². The minimum Gasteiger partial charge on any atom is -0.354 e. The highest BCUT2D eigenvalue weighted by Gasteiger charge is 2.42. The van der Waals surface area contributed by atoms with Gasteiger partial charge in [0.15, 0.2) is 0 Å². The lowest BCUT2D eigenvalue weighted by atomic mass is 9.59. The molecule has 26 heavy (non-hydrogen) atoms. The molecule has 0 unspecified atom stereocenters. The van der Waals surface area contributed by atoms with Gasteiger partial charge in [-0.1, -0.05) is 48.5 Å². The first-order valence-corrected chi connectivity index (χ1v) is 9.28. The zero-order valence-corrected chi connectivity index (χ0v) is 15.2. The molecule has 2 atom stereocenters. The lowest BCUT2D eigenvalue weighted by molar-refractivity contribution is -0.127. The zero-order chi connectivity index (χ0) is 18.3. The molecule has 0 heterocycles. The van der Waals surface area contributed by atoms with Crippen LogP contribution in [0.2, 0.25) is 0 Å². The molecule has 3 aliphatic rings. The molecule has 0 radical (unpaired) electrons. The van der Waals surface area contributed by atoms with Gasteiger partial charge in [0.05, 0.1) is 0 Å². The average Bonchev–Trinajstić information content (AvgIpc) is 2.65. The molecule has 4 heteroatoms. The number of hydrogen-bond donors (Lipinski definition) is 2. The van der Waals surface area contributed by atoms with Crippen LogP contribution in [0.15, 0.2) is 48.5 Å². The predicted molar refractivity (Wildman–Crippen MR) is 101 cm³/mol. The van der Waals surface area contributed by atoms with E-state index in [0.717, 1.165) is 6.42 Å². The summed E-state index contributed by atoms with van der Waals surface area (Å²) in [7, 11) is 0. The fourth-order valence-electron chi connectivity index (χ4n) is 4.72. The second-order valence-electron chi connectivity index (χ2n) is 7.45. The Morgan fingerprint density at radius 2 is 1.54 bits per heavy atom. The fraction of sp³-hybridized carbons (Fsp3) is 0.364. The van der Waals surface area contributed by atoms with Crippen LogP contribution in [0.5, 0.6) is 0 Å². The van der Waals surface area contributed by atoms with Crippen LogP contribution >= 0.6 is 0 Å². The van der Waals surface area contributed by atoms with Gasteiger partial charge < -0.3 is 10.6 Å². The largest absolute Gasteiger partial charge is 0.354 e. The third-order valence-corrected chi connectivity index (χ3v) is 5.77. The van der Waals surface area contributed by atoms with E-state index in [4.69, 9.17) is 0 Å². The van der Waals surface area contributed by atoms with Crippen LogP contribution in [0.1, 0.15) is 54.4 Å². The van der Waals surface area contributed by atoms with Crippen LogP contribution in [0.4, 0.5) is 0 Å². The van der Waals surface area contributed by atoms with Crippen LogP contribution in [-0.2, 0) is 9.59 Å². The summed E-state index contributed by atoms with van der Waals surface area (Å²) in [5.74, 6) is 0.791. The molecule has 0 fully saturated rings. The average molecular weight is 348 g/mol. The van der Waals surface area contributed by atoms with E-state index >= 15 is 0 Å². The number of amides is 2. The minimum absolute atomic E-state index is 0.122. The Balaban J connectivity index is 1.57. The predicted octanol–water partition coefficient (Wildman–Crippen LogP) is 2.92. The Morgan fingerprint density at radius 3 is 2.08 bits per heavy atom. The molecule has 2 aromatic rings. The maximum Gasteiger partial charge on any atom is 0.242 e. The van der Waals surface area contributed by atoms with E-state index in [0.29, 0.717) is 24.3 Å². The lowest BCUT2D eigenvalue weighted by Crippen LogP contribution is -2.47. The third kappa shape index (κ3) is 2.79. The van der Waals surface area contributed by atoms with Crippen LogP contribution in [0, 0.1) is 5.92 Å². The molecule has 2 aromatic carbocycles. The maximum atomic E-state index is 12.3. The van der Waals surface area contributed by atoms with Crippen molar-refractivity contribution in [3.05, 3.63) is 70.8 Å². The summed E-state index contributed by atoms with van der Waals surface area (Å²) in [6.45, 7) is 3.78. The normalized spacial score (nSPS) is 23.5. The van der Waals surface area contributed by atoms with Gasteiger partial charge in [-0.05, 0) is 41.5 Å². The molecular weight excluding hydrogens is 324 g/mol. The van der Waals surface area contributed by atoms with Crippen LogP contribution in [-0.4, -0.2) is 24.4 Å². The van der Waals surface area contributed by atoms with Gasteiger partial charge in [-0.25, -0.2) is 0 Å². The first kappa shape index (κ1) is 16.8. The summed E-state index contributed by atoms with van der Waals surface area (Å²) in [6, 6.07) is 16.9. The first-order chi connectivity index (χ1) is 12.6. The highest BCUT2D eigenvalue weighted by molar-refractivity contribution is 5.86. The van der Waals surface area contributed by atoms with Crippen LogP contribution in [0.25, 0.3) is 0 Å². The molecule has 0 saturated heterocycles. The Hall–Kier alpha value is -2.62. The maximum absolute atomic E-state index is 12.3. The quantitative estimate of drug-likeness (QED) is 0.892. The van der Waals surface area contributed by atoms with E-state index in [2.05, 4.69) is 59.2 Å². The van der Waals surface area contributed by atoms with E-state index < -0.39 is 6.04 Å². The number of nitrogens with one attached hydrogen (secondary N) is 2. The molecule has 0 spiro atoms. The third-order valence-electron chi connectivity index (χ3n) is 5.77. The first-order valence-electron chi connectivity index (χ1n) is 9.28. The summed E-state index contributed by atoms with van der Waals surface area (Å²) in [4.78, 5) is 23.4. The molecule has 0 aliphatic heterocycles. The number of carbonyl (C=O) groups excluding carboxylic acids is 2. The van der Waals surface area contributed by atoms with E-state index in [9.17, 15) is 9.59 Å². The Kier molecular flexibility index (Phi) is 4.27. The molecule has 4 nitrogen and oxygen atoms in total. The van der Waals surface area contributed by atoms with Crippen molar-refractivity contribution in [2.45, 2.75) is 38.1 Å². The Bertz CT molecular complexity index is 813. The highest BCUT2D eigenvalue weighted by Crippen LogP contribution is 2.55.